The molecule has 0 bridgehead atoms. The fourth-order valence-corrected chi connectivity index (χ4v) is 3.91. The van der Waals surface area contributed by atoms with Crippen molar-refractivity contribution in [1.29, 1.82) is 0 Å². The van der Waals surface area contributed by atoms with Crippen molar-refractivity contribution in [3.05, 3.63) is 94.6 Å². The maximum atomic E-state index is 13.8. The van der Waals surface area contributed by atoms with Crippen LogP contribution in [-0.4, -0.2) is 18.3 Å². The number of hydrogen-bond acceptors (Lipinski definition) is 6. The lowest BCUT2D eigenvalue weighted by atomic mass is 10.1. The Hall–Kier alpha value is -3.71. The fourth-order valence-electron chi connectivity index (χ4n) is 3.12. The molecule has 5 nitrogen and oxygen atoms in total. The molecule has 7 heteroatoms. The van der Waals surface area contributed by atoms with Crippen LogP contribution in [0.3, 0.4) is 0 Å². The number of halogens is 1. The molecular weight excluding hydrogens is 425 g/mol. The van der Waals surface area contributed by atoms with Crippen LogP contribution in [0.4, 0.5) is 9.52 Å². The number of benzene rings is 3. The number of nitrogens with zero attached hydrogens (tertiary/aromatic N) is 2. The first-order valence-electron chi connectivity index (χ1n) is 10.00. The highest BCUT2D eigenvalue weighted by Gasteiger charge is 2.10. The van der Waals surface area contributed by atoms with Crippen molar-refractivity contribution in [1.82, 2.24) is 4.98 Å². The fraction of sp³-hybridized carbons (Fsp3) is 0.120. The van der Waals surface area contributed by atoms with E-state index in [0.29, 0.717) is 17.1 Å². The van der Waals surface area contributed by atoms with Crippen molar-refractivity contribution < 1.29 is 13.9 Å². The highest BCUT2D eigenvalue weighted by atomic mass is 32.1. The number of anilines is 1. The first-order valence-corrected chi connectivity index (χ1v) is 10.8. The first kappa shape index (κ1) is 21.5. The number of rotatable bonds is 8. The summed E-state index contributed by atoms with van der Waals surface area (Å²) in [6.07, 6.45) is 1.68. The first-order chi connectivity index (χ1) is 15.6. The van der Waals surface area contributed by atoms with Gasteiger partial charge in [0.15, 0.2) is 11.5 Å². The van der Waals surface area contributed by atoms with E-state index in [4.69, 9.17) is 9.47 Å². The van der Waals surface area contributed by atoms with Crippen LogP contribution in [0.15, 0.2) is 77.9 Å². The van der Waals surface area contributed by atoms with Crippen LogP contribution in [0.2, 0.25) is 0 Å². The van der Waals surface area contributed by atoms with E-state index in [0.717, 1.165) is 26.8 Å². The maximum Gasteiger partial charge on any atom is 0.204 e. The Bertz CT molecular complexity index is 1230. The van der Waals surface area contributed by atoms with E-state index in [2.05, 4.69) is 15.5 Å². The van der Waals surface area contributed by atoms with Gasteiger partial charge >= 0.3 is 0 Å². The molecule has 0 fully saturated rings. The zero-order chi connectivity index (χ0) is 22.3. The second-order valence-corrected chi connectivity index (χ2v) is 8.15. The molecule has 0 saturated carbocycles. The molecule has 0 atom stereocenters. The van der Waals surface area contributed by atoms with Gasteiger partial charge in [-0.15, -0.1) is 11.3 Å². The molecule has 0 unspecified atom stereocenters. The van der Waals surface area contributed by atoms with Crippen LogP contribution in [-0.2, 0) is 6.61 Å². The summed E-state index contributed by atoms with van der Waals surface area (Å²) in [5.74, 6) is 0.778. The van der Waals surface area contributed by atoms with Gasteiger partial charge in [0.25, 0.3) is 0 Å². The topological polar surface area (TPSA) is 55.7 Å². The van der Waals surface area contributed by atoms with Crippen molar-refractivity contribution in [3.63, 3.8) is 0 Å². The van der Waals surface area contributed by atoms with Gasteiger partial charge in [-0.25, -0.2) is 9.37 Å². The quantitative estimate of drug-likeness (QED) is 0.255. The summed E-state index contributed by atoms with van der Waals surface area (Å²) in [4.78, 5) is 5.76. The van der Waals surface area contributed by atoms with Crippen LogP contribution in [0, 0.1) is 12.7 Å². The molecule has 0 spiro atoms. The lowest BCUT2D eigenvalue weighted by Gasteiger charge is -2.11. The molecule has 3 aromatic carbocycles. The van der Waals surface area contributed by atoms with Gasteiger partial charge in [-0.05, 0) is 36.8 Å². The van der Waals surface area contributed by atoms with Crippen molar-refractivity contribution in [2.45, 2.75) is 13.5 Å². The second kappa shape index (κ2) is 10.1. The summed E-state index contributed by atoms with van der Waals surface area (Å²) in [6.45, 7) is 2.16. The van der Waals surface area contributed by atoms with Crippen LogP contribution in [0.1, 0.15) is 16.0 Å². The lowest BCUT2D eigenvalue weighted by molar-refractivity contribution is 0.279. The van der Waals surface area contributed by atoms with E-state index < -0.39 is 0 Å². The van der Waals surface area contributed by atoms with E-state index in [1.807, 2.05) is 49.4 Å². The molecule has 0 radical (unpaired) electrons. The zero-order valence-electron chi connectivity index (χ0n) is 17.7. The normalized spacial score (nSPS) is 11.0. The minimum absolute atomic E-state index is 0.116. The molecular formula is C25H22FN3O2S. The number of hydrogen-bond donors (Lipinski definition) is 1. The van der Waals surface area contributed by atoms with Gasteiger partial charge in [-0.3, -0.25) is 5.43 Å². The molecule has 162 valence electrons. The van der Waals surface area contributed by atoms with Gasteiger partial charge in [0, 0.05) is 16.0 Å². The van der Waals surface area contributed by atoms with E-state index in [1.165, 1.54) is 6.07 Å². The van der Waals surface area contributed by atoms with Gasteiger partial charge in [-0.2, -0.15) is 5.10 Å². The molecule has 0 aliphatic carbocycles. The van der Waals surface area contributed by atoms with Gasteiger partial charge in [0.05, 0.1) is 19.0 Å². The molecule has 0 aliphatic heterocycles. The molecule has 4 rings (SSSR count). The summed E-state index contributed by atoms with van der Waals surface area (Å²) in [6, 6.07) is 22.0. The minimum Gasteiger partial charge on any atom is -0.493 e. The average Bonchev–Trinajstić information content (AvgIpc) is 3.19. The van der Waals surface area contributed by atoms with E-state index in [-0.39, 0.29) is 12.4 Å². The average molecular weight is 448 g/mol. The van der Waals surface area contributed by atoms with Gasteiger partial charge in [-0.1, -0.05) is 48.5 Å². The predicted molar refractivity (Wildman–Crippen MR) is 127 cm³/mol. The second-order valence-electron chi connectivity index (χ2n) is 6.95. The van der Waals surface area contributed by atoms with Crippen LogP contribution < -0.4 is 14.9 Å². The van der Waals surface area contributed by atoms with Crippen molar-refractivity contribution in [3.8, 4) is 22.8 Å². The number of hydrazone groups is 1. The highest BCUT2D eigenvalue weighted by molar-refractivity contribution is 7.15. The summed E-state index contributed by atoms with van der Waals surface area (Å²) in [5, 5.41) is 5.01. The number of ether oxygens (including phenoxy) is 2. The third kappa shape index (κ3) is 5.12. The molecule has 0 amide bonds. The molecule has 32 heavy (non-hydrogen) atoms. The van der Waals surface area contributed by atoms with Crippen molar-refractivity contribution in [2.24, 2.45) is 5.10 Å². The third-order valence-electron chi connectivity index (χ3n) is 4.75. The number of nitrogens with one attached hydrogen (secondary N) is 1. The van der Waals surface area contributed by atoms with Crippen molar-refractivity contribution >= 4 is 22.7 Å². The van der Waals surface area contributed by atoms with E-state index in [1.54, 1.807) is 48.9 Å². The van der Waals surface area contributed by atoms with E-state index >= 15 is 0 Å². The number of aromatic nitrogens is 1. The molecule has 0 saturated heterocycles. The van der Waals surface area contributed by atoms with Gasteiger partial charge in [0.2, 0.25) is 5.13 Å². The van der Waals surface area contributed by atoms with E-state index in [9.17, 15) is 4.39 Å². The van der Waals surface area contributed by atoms with Crippen molar-refractivity contribution in [2.75, 3.05) is 12.5 Å². The third-order valence-corrected chi connectivity index (χ3v) is 5.62. The lowest BCUT2D eigenvalue weighted by Crippen LogP contribution is -2.00. The Balaban J connectivity index is 1.42. The predicted octanol–water partition coefficient (Wildman–Crippen LogP) is 6.29. The molecule has 0 aliphatic rings. The number of thiazole rings is 1. The Kier molecular flexibility index (Phi) is 6.77. The Labute approximate surface area is 190 Å². The summed E-state index contributed by atoms with van der Waals surface area (Å²) >= 11 is 1.55. The minimum atomic E-state index is -0.297. The standard InChI is InChI=1S/C25H22FN3O2S/c1-17-24(19-8-4-3-5-9-19)28-25(32-17)29-27-15-18-12-13-22(23(14-18)30-2)31-16-20-10-6-7-11-21(20)26/h3-15H,16H2,1-2H3,(H,28,29)/b27-15+. The van der Waals surface area contributed by atoms with Crippen LogP contribution in [0.5, 0.6) is 11.5 Å². The number of methoxy groups -OCH3 is 1. The monoisotopic (exact) mass is 447 g/mol. The highest BCUT2D eigenvalue weighted by Crippen LogP contribution is 2.31. The Morgan fingerprint density at radius 1 is 1.03 bits per heavy atom. The van der Waals surface area contributed by atoms with Crippen LogP contribution in [0.25, 0.3) is 11.3 Å². The molecule has 1 aromatic heterocycles. The largest absolute Gasteiger partial charge is 0.493 e. The molecule has 1 N–H and O–H groups in total. The number of aryl methyl sites for hydroxylation is 1. The van der Waals surface area contributed by atoms with Gasteiger partial charge in [0.1, 0.15) is 12.4 Å². The summed E-state index contributed by atoms with van der Waals surface area (Å²) in [7, 11) is 1.56. The smallest absolute Gasteiger partial charge is 0.204 e. The maximum absolute atomic E-state index is 13.8. The Morgan fingerprint density at radius 3 is 2.59 bits per heavy atom. The molecule has 1 heterocycles. The van der Waals surface area contributed by atoms with Gasteiger partial charge < -0.3 is 9.47 Å². The Morgan fingerprint density at radius 2 is 1.81 bits per heavy atom. The molecule has 4 aromatic rings. The van der Waals surface area contributed by atoms with Crippen LogP contribution >= 0.6 is 11.3 Å². The summed E-state index contributed by atoms with van der Waals surface area (Å²) in [5.41, 5.74) is 6.33. The summed E-state index contributed by atoms with van der Waals surface area (Å²) < 4.78 is 25.0. The zero-order valence-corrected chi connectivity index (χ0v) is 18.5. The SMILES string of the molecule is COc1cc(/C=N/Nc2nc(-c3ccccc3)c(C)s2)ccc1OCc1ccccc1F.